The van der Waals surface area contributed by atoms with Gasteiger partial charge in [0.05, 0.1) is 11.0 Å². The number of thiophene rings is 1. The molecule has 2 atom stereocenters. The van der Waals surface area contributed by atoms with Crippen molar-refractivity contribution in [2.24, 2.45) is 0 Å². The zero-order valence-corrected chi connectivity index (χ0v) is 14.5. The molecule has 0 radical (unpaired) electrons. The second kappa shape index (κ2) is 8.56. The topological polar surface area (TPSA) is 84.3 Å². The number of nitrogens with zero attached hydrogens (tertiary/aromatic N) is 1. The first-order chi connectivity index (χ1) is 11.5. The van der Waals surface area contributed by atoms with E-state index in [0.29, 0.717) is 6.54 Å². The predicted molar refractivity (Wildman–Crippen MR) is 95.1 cm³/mol. The number of nitrogens with one attached hydrogen (secondary N) is 2. The number of hydrogen-bond acceptors (Lipinski definition) is 5. The number of amides is 1. The van der Waals surface area contributed by atoms with Gasteiger partial charge < -0.3 is 5.32 Å². The van der Waals surface area contributed by atoms with Crippen LogP contribution in [-0.2, 0) is 11.2 Å². The van der Waals surface area contributed by atoms with E-state index in [1.54, 1.807) is 24.3 Å². The Morgan fingerprint density at radius 3 is 2.75 bits per heavy atom. The van der Waals surface area contributed by atoms with E-state index in [4.69, 9.17) is 0 Å². The number of rotatable bonds is 8. The maximum absolute atomic E-state index is 12.1. The molecule has 0 aliphatic heterocycles. The van der Waals surface area contributed by atoms with E-state index in [2.05, 4.69) is 10.6 Å². The van der Waals surface area contributed by atoms with Crippen LogP contribution in [0.15, 0.2) is 41.8 Å². The quantitative estimate of drug-likeness (QED) is 0.568. The third kappa shape index (κ3) is 5.14. The predicted octanol–water partition coefficient (Wildman–Crippen LogP) is 3.05. The third-order valence-electron chi connectivity index (χ3n) is 3.73. The summed E-state index contributed by atoms with van der Waals surface area (Å²) in [5, 5.41) is 18.9. The van der Waals surface area contributed by atoms with Gasteiger partial charge in [-0.2, -0.15) is 0 Å². The molecule has 1 heterocycles. The van der Waals surface area contributed by atoms with E-state index < -0.39 is 4.92 Å². The highest BCUT2D eigenvalue weighted by Gasteiger charge is 2.17. The van der Waals surface area contributed by atoms with Crippen molar-refractivity contribution in [2.45, 2.75) is 32.4 Å². The molecule has 24 heavy (non-hydrogen) atoms. The van der Waals surface area contributed by atoms with Gasteiger partial charge in [0.1, 0.15) is 0 Å². The molecule has 1 aromatic heterocycles. The Morgan fingerprint density at radius 2 is 2.08 bits per heavy atom. The lowest BCUT2D eigenvalue weighted by atomic mass is 10.1. The Morgan fingerprint density at radius 1 is 1.29 bits per heavy atom. The van der Waals surface area contributed by atoms with Crippen LogP contribution in [0.2, 0.25) is 0 Å². The largest absolute Gasteiger partial charge is 0.354 e. The van der Waals surface area contributed by atoms with Crippen LogP contribution in [-0.4, -0.2) is 23.4 Å². The molecule has 2 rings (SSSR count). The lowest BCUT2D eigenvalue weighted by Gasteiger charge is -2.20. The lowest BCUT2D eigenvalue weighted by molar-refractivity contribution is -0.384. The molecule has 2 N–H and O–H groups in total. The van der Waals surface area contributed by atoms with Crippen molar-refractivity contribution in [3.05, 3.63) is 62.3 Å². The minimum absolute atomic E-state index is 0.0502. The summed E-state index contributed by atoms with van der Waals surface area (Å²) < 4.78 is 0. The number of non-ortho nitro benzene ring substituents is 1. The van der Waals surface area contributed by atoms with Crippen LogP contribution < -0.4 is 10.6 Å². The second-order valence-electron chi connectivity index (χ2n) is 5.58. The summed E-state index contributed by atoms with van der Waals surface area (Å²) in [6.45, 7) is 4.26. The minimum atomic E-state index is -0.420. The van der Waals surface area contributed by atoms with Crippen molar-refractivity contribution in [3.8, 4) is 0 Å². The van der Waals surface area contributed by atoms with Crippen LogP contribution in [0.1, 0.15) is 30.3 Å². The summed E-state index contributed by atoms with van der Waals surface area (Å²) in [5.74, 6) is -0.0798. The molecule has 0 aliphatic rings. The summed E-state index contributed by atoms with van der Waals surface area (Å²) in [5.41, 5.74) is 0.830. The molecule has 0 spiro atoms. The Kier molecular flexibility index (Phi) is 6.45. The Hall–Kier alpha value is -2.25. The molecule has 0 saturated heterocycles. The molecular weight excluding hydrogens is 326 g/mol. The molecule has 6 nitrogen and oxygen atoms in total. The average molecular weight is 347 g/mol. The van der Waals surface area contributed by atoms with E-state index in [-0.39, 0.29) is 23.7 Å². The number of nitro groups is 1. The first-order valence-electron chi connectivity index (χ1n) is 7.78. The second-order valence-corrected chi connectivity index (χ2v) is 6.61. The summed E-state index contributed by atoms with van der Waals surface area (Å²) in [4.78, 5) is 23.8. The Labute approximate surface area is 145 Å². The van der Waals surface area contributed by atoms with Crippen LogP contribution in [0, 0.1) is 10.1 Å². The van der Waals surface area contributed by atoms with E-state index in [1.807, 2.05) is 30.5 Å². The van der Waals surface area contributed by atoms with Gasteiger partial charge in [-0.3, -0.25) is 20.2 Å². The fourth-order valence-electron chi connectivity index (χ4n) is 2.37. The first-order valence-corrected chi connectivity index (χ1v) is 8.66. The van der Waals surface area contributed by atoms with E-state index in [0.717, 1.165) is 12.0 Å². The smallest absolute Gasteiger partial charge is 0.269 e. The molecular formula is C17H21N3O3S. The Bertz CT molecular complexity index is 688. The van der Waals surface area contributed by atoms with E-state index in [1.165, 1.54) is 17.0 Å². The van der Waals surface area contributed by atoms with Crippen molar-refractivity contribution >= 4 is 22.9 Å². The van der Waals surface area contributed by atoms with Gasteiger partial charge in [-0.1, -0.05) is 18.2 Å². The highest BCUT2D eigenvalue weighted by Crippen LogP contribution is 2.19. The van der Waals surface area contributed by atoms with Gasteiger partial charge in [0, 0.05) is 29.6 Å². The van der Waals surface area contributed by atoms with Gasteiger partial charge in [0.2, 0.25) is 5.91 Å². The fourth-order valence-corrected chi connectivity index (χ4v) is 3.08. The zero-order valence-electron chi connectivity index (χ0n) is 13.7. The van der Waals surface area contributed by atoms with Crippen LogP contribution in [0.5, 0.6) is 0 Å². The maximum atomic E-state index is 12.1. The van der Waals surface area contributed by atoms with Gasteiger partial charge in [0.15, 0.2) is 0 Å². The number of carbonyl (C=O) groups excluding carboxylic acids is 1. The van der Waals surface area contributed by atoms with Crippen molar-refractivity contribution in [1.29, 1.82) is 0 Å². The van der Waals surface area contributed by atoms with E-state index in [9.17, 15) is 14.9 Å². The molecule has 1 aromatic carbocycles. The number of benzene rings is 1. The van der Waals surface area contributed by atoms with E-state index >= 15 is 0 Å². The molecule has 0 aliphatic carbocycles. The van der Waals surface area contributed by atoms with Gasteiger partial charge in [-0.25, -0.2) is 0 Å². The van der Waals surface area contributed by atoms with Crippen LogP contribution in [0.3, 0.4) is 0 Å². The molecule has 0 saturated carbocycles. The molecule has 0 unspecified atom stereocenters. The molecule has 0 bridgehead atoms. The van der Waals surface area contributed by atoms with Crippen LogP contribution in [0.25, 0.3) is 0 Å². The lowest BCUT2D eigenvalue weighted by Crippen LogP contribution is -2.43. The molecule has 0 fully saturated rings. The summed E-state index contributed by atoms with van der Waals surface area (Å²) in [7, 11) is 0. The van der Waals surface area contributed by atoms with Crippen LogP contribution in [0.4, 0.5) is 5.69 Å². The number of carbonyl (C=O) groups is 1. The van der Waals surface area contributed by atoms with Crippen molar-refractivity contribution in [3.63, 3.8) is 0 Å². The third-order valence-corrected chi connectivity index (χ3v) is 4.66. The monoisotopic (exact) mass is 347 g/mol. The van der Waals surface area contributed by atoms with Crippen molar-refractivity contribution < 1.29 is 9.72 Å². The summed E-state index contributed by atoms with van der Waals surface area (Å²) in [6, 6.07) is 9.93. The first kappa shape index (κ1) is 18.1. The van der Waals surface area contributed by atoms with Gasteiger partial charge in [-0.05, 0) is 37.3 Å². The summed E-state index contributed by atoms with van der Waals surface area (Å²) >= 11 is 1.67. The molecule has 2 aromatic rings. The standard InChI is InChI=1S/C17H21N3O3S/c1-12(14-5-3-6-15(11-14)20(22)23)19-13(2)17(21)18-9-8-16-7-4-10-24-16/h3-7,10-13,19H,8-9H2,1-2H3,(H,18,21)/t12-,13+/m1/s1. The SMILES string of the molecule is C[C@H](N[C@H](C)c1cccc([N+](=O)[O-])c1)C(=O)NCCc1cccs1. The normalized spacial score (nSPS) is 13.2. The summed E-state index contributed by atoms with van der Waals surface area (Å²) in [6.07, 6.45) is 0.816. The zero-order chi connectivity index (χ0) is 17.5. The van der Waals surface area contributed by atoms with Crippen LogP contribution >= 0.6 is 11.3 Å². The molecule has 1 amide bonds. The minimum Gasteiger partial charge on any atom is -0.354 e. The maximum Gasteiger partial charge on any atom is 0.269 e. The fraction of sp³-hybridized carbons (Fsp3) is 0.353. The van der Waals surface area contributed by atoms with Crippen molar-refractivity contribution in [2.75, 3.05) is 6.54 Å². The van der Waals surface area contributed by atoms with Crippen molar-refractivity contribution in [1.82, 2.24) is 10.6 Å². The van der Waals surface area contributed by atoms with Gasteiger partial charge >= 0.3 is 0 Å². The van der Waals surface area contributed by atoms with Gasteiger partial charge in [-0.15, -0.1) is 11.3 Å². The number of nitro benzene ring substituents is 1. The molecule has 128 valence electrons. The highest BCUT2D eigenvalue weighted by atomic mass is 32.1. The van der Waals surface area contributed by atoms with Gasteiger partial charge in [0.25, 0.3) is 5.69 Å². The average Bonchev–Trinajstić information content (AvgIpc) is 3.08. The molecule has 7 heteroatoms. The number of hydrogen-bond donors (Lipinski definition) is 2. The Balaban J connectivity index is 1.83. The highest BCUT2D eigenvalue weighted by molar-refractivity contribution is 7.09.